The Morgan fingerprint density at radius 3 is 2.58 bits per heavy atom. The molecular formula is C26H26N4O3. The maximum Gasteiger partial charge on any atom is 0.242 e. The summed E-state index contributed by atoms with van der Waals surface area (Å²) in [5.74, 6) is 0.856. The first-order chi connectivity index (χ1) is 16.2. The van der Waals surface area contributed by atoms with Gasteiger partial charge in [0.05, 0.1) is 12.1 Å². The van der Waals surface area contributed by atoms with Gasteiger partial charge in [-0.3, -0.25) is 9.78 Å². The maximum atomic E-state index is 13.5. The Morgan fingerprint density at radius 2 is 1.85 bits per heavy atom. The van der Waals surface area contributed by atoms with Gasteiger partial charge in [-0.2, -0.15) is 0 Å². The first-order valence-electron chi connectivity index (χ1n) is 11.0. The van der Waals surface area contributed by atoms with E-state index in [4.69, 9.17) is 4.74 Å². The van der Waals surface area contributed by atoms with E-state index in [1.807, 2.05) is 53.4 Å². The number of benzene rings is 2. The standard InChI is InChI=1S/C26H26N4O3/c1-2-14-33-19-11-9-18(10-12-19)25-22-23(20-7-3-4-8-21(20)31)28-29-24(22)26(32)30(25)16-17-6-5-13-27-15-17/h2-13,15,22-25,28-29,31H,1,14,16H2. The zero-order valence-corrected chi connectivity index (χ0v) is 18.1. The van der Waals surface area contributed by atoms with Gasteiger partial charge < -0.3 is 14.7 Å². The minimum atomic E-state index is -0.409. The Morgan fingerprint density at radius 1 is 1.06 bits per heavy atom. The molecule has 1 amide bonds. The van der Waals surface area contributed by atoms with Gasteiger partial charge in [0.25, 0.3) is 0 Å². The fourth-order valence-electron chi connectivity index (χ4n) is 4.90. The van der Waals surface area contributed by atoms with E-state index >= 15 is 0 Å². The van der Waals surface area contributed by atoms with E-state index in [-0.39, 0.29) is 29.7 Å². The van der Waals surface area contributed by atoms with Crippen molar-refractivity contribution in [1.29, 1.82) is 0 Å². The lowest BCUT2D eigenvalue weighted by atomic mass is 9.83. The highest BCUT2D eigenvalue weighted by molar-refractivity contribution is 5.86. The first-order valence-corrected chi connectivity index (χ1v) is 11.0. The maximum absolute atomic E-state index is 13.5. The van der Waals surface area contributed by atoms with Gasteiger partial charge in [0.2, 0.25) is 5.91 Å². The van der Waals surface area contributed by atoms with Crippen LogP contribution in [0, 0.1) is 5.92 Å². The van der Waals surface area contributed by atoms with E-state index in [2.05, 4.69) is 22.4 Å². The molecule has 5 rings (SSSR count). The van der Waals surface area contributed by atoms with Gasteiger partial charge in [-0.25, -0.2) is 10.9 Å². The van der Waals surface area contributed by atoms with Crippen LogP contribution < -0.4 is 15.6 Å². The number of carbonyl (C=O) groups is 1. The third kappa shape index (κ3) is 3.97. The Balaban J connectivity index is 1.54. The number of aromatic nitrogens is 1. The summed E-state index contributed by atoms with van der Waals surface area (Å²) in [6, 6.07) is 18.1. The molecule has 1 aromatic heterocycles. The second-order valence-electron chi connectivity index (χ2n) is 8.32. The summed E-state index contributed by atoms with van der Waals surface area (Å²) in [4.78, 5) is 19.7. The lowest BCUT2D eigenvalue weighted by Crippen LogP contribution is -2.41. The van der Waals surface area contributed by atoms with Crippen LogP contribution in [0.5, 0.6) is 11.5 Å². The van der Waals surface area contributed by atoms with Gasteiger partial charge in [-0.15, -0.1) is 0 Å². The second kappa shape index (κ2) is 9.05. The summed E-state index contributed by atoms with van der Waals surface area (Å²) in [5, 5.41) is 10.5. The predicted octanol–water partition coefficient (Wildman–Crippen LogP) is 3.27. The van der Waals surface area contributed by atoms with Crippen LogP contribution in [-0.4, -0.2) is 33.5 Å². The highest BCUT2D eigenvalue weighted by atomic mass is 16.5. The number of hydrogen-bond acceptors (Lipinski definition) is 6. The quantitative estimate of drug-likeness (QED) is 0.487. The molecule has 2 aromatic carbocycles. The largest absolute Gasteiger partial charge is 0.508 e. The number of carbonyl (C=O) groups excluding carboxylic acids is 1. The van der Waals surface area contributed by atoms with E-state index in [9.17, 15) is 9.90 Å². The van der Waals surface area contributed by atoms with Crippen LogP contribution in [0.3, 0.4) is 0 Å². The average molecular weight is 443 g/mol. The summed E-state index contributed by atoms with van der Waals surface area (Å²) < 4.78 is 5.64. The molecule has 3 heterocycles. The zero-order chi connectivity index (χ0) is 22.8. The van der Waals surface area contributed by atoms with Crippen molar-refractivity contribution in [3.8, 4) is 11.5 Å². The van der Waals surface area contributed by atoms with Gasteiger partial charge in [-0.1, -0.05) is 49.1 Å². The Kier molecular flexibility index (Phi) is 5.81. The average Bonchev–Trinajstić information content (AvgIpc) is 3.38. The van der Waals surface area contributed by atoms with E-state index < -0.39 is 6.04 Å². The second-order valence-corrected chi connectivity index (χ2v) is 8.32. The lowest BCUT2D eigenvalue weighted by Gasteiger charge is -2.31. The summed E-state index contributed by atoms with van der Waals surface area (Å²) >= 11 is 0. The number of ether oxygens (including phenoxy) is 1. The van der Waals surface area contributed by atoms with Gasteiger partial charge in [0.1, 0.15) is 24.1 Å². The molecule has 3 aromatic rings. The molecule has 2 aliphatic rings. The molecule has 0 aliphatic carbocycles. The van der Waals surface area contributed by atoms with Gasteiger partial charge in [0.15, 0.2) is 0 Å². The van der Waals surface area contributed by atoms with Crippen molar-refractivity contribution in [2.24, 2.45) is 5.92 Å². The highest BCUT2D eigenvalue weighted by Crippen LogP contribution is 2.49. The zero-order valence-electron chi connectivity index (χ0n) is 18.1. The molecule has 0 radical (unpaired) electrons. The van der Waals surface area contributed by atoms with E-state index in [1.54, 1.807) is 30.6 Å². The fourth-order valence-corrected chi connectivity index (χ4v) is 4.90. The third-order valence-electron chi connectivity index (χ3n) is 6.35. The topological polar surface area (TPSA) is 86.7 Å². The number of rotatable bonds is 7. The number of hydrogen-bond donors (Lipinski definition) is 3. The minimum Gasteiger partial charge on any atom is -0.508 e. The molecule has 2 fully saturated rings. The number of pyridine rings is 1. The van der Waals surface area contributed by atoms with Crippen LogP contribution in [0.2, 0.25) is 0 Å². The van der Waals surface area contributed by atoms with E-state index in [0.29, 0.717) is 13.2 Å². The number of amides is 1. The van der Waals surface area contributed by atoms with Crippen molar-refractivity contribution >= 4 is 5.91 Å². The Bertz CT molecular complexity index is 1140. The molecule has 4 atom stereocenters. The van der Waals surface area contributed by atoms with Crippen LogP contribution in [-0.2, 0) is 11.3 Å². The van der Waals surface area contributed by atoms with Crippen LogP contribution in [0.25, 0.3) is 0 Å². The summed E-state index contributed by atoms with van der Waals surface area (Å²) in [5.41, 5.74) is 9.20. The minimum absolute atomic E-state index is 0.0197. The van der Waals surface area contributed by atoms with Crippen LogP contribution in [0.15, 0.2) is 85.7 Å². The number of aromatic hydroxyl groups is 1. The Hall–Kier alpha value is -3.68. The van der Waals surface area contributed by atoms with Crippen molar-refractivity contribution in [3.63, 3.8) is 0 Å². The number of fused-ring (bicyclic) bond motifs is 1. The van der Waals surface area contributed by atoms with Crippen molar-refractivity contribution in [2.45, 2.75) is 24.7 Å². The number of hydrazine groups is 1. The lowest BCUT2D eigenvalue weighted by molar-refractivity contribution is -0.131. The summed E-state index contributed by atoms with van der Waals surface area (Å²) in [6.45, 7) is 4.57. The number of nitrogens with one attached hydrogen (secondary N) is 2. The van der Waals surface area contributed by atoms with Gasteiger partial charge >= 0.3 is 0 Å². The van der Waals surface area contributed by atoms with Gasteiger partial charge in [-0.05, 0) is 35.4 Å². The third-order valence-corrected chi connectivity index (χ3v) is 6.35. The molecule has 3 N–H and O–H groups in total. The van der Waals surface area contributed by atoms with Crippen LogP contribution in [0.4, 0.5) is 0 Å². The molecule has 0 spiro atoms. The Labute approximate surface area is 192 Å². The molecule has 168 valence electrons. The molecule has 2 saturated heterocycles. The van der Waals surface area contributed by atoms with Crippen molar-refractivity contribution in [1.82, 2.24) is 20.7 Å². The van der Waals surface area contributed by atoms with Crippen LogP contribution >= 0.6 is 0 Å². The molecule has 0 saturated carbocycles. The predicted molar refractivity (Wildman–Crippen MR) is 124 cm³/mol. The molecular weight excluding hydrogens is 416 g/mol. The summed E-state index contributed by atoms with van der Waals surface area (Å²) in [6.07, 6.45) is 5.22. The molecule has 0 bridgehead atoms. The van der Waals surface area contributed by atoms with E-state index in [1.165, 1.54) is 0 Å². The normalized spacial score (nSPS) is 24.0. The number of phenols is 1. The van der Waals surface area contributed by atoms with Crippen LogP contribution in [0.1, 0.15) is 28.8 Å². The van der Waals surface area contributed by atoms with Gasteiger partial charge in [0, 0.05) is 30.4 Å². The number of para-hydroxylation sites is 1. The number of phenolic OH excluding ortho intramolecular Hbond substituents is 1. The fraction of sp³-hybridized carbons (Fsp3) is 0.231. The first kappa shape index (κ1) is 21.2. The molecule has 33 heavy (non-hydrogen) atoms. The van der Waals surface area contributed by atoms with Crippen molar-refractivity contribution in [2.75, 3.05) is 6.61 Å². The number of nitrogens with zero attached hydrogens (tertiary/aromatic N) is 2. The smallest absolute Gasteiger partial charge is 0.242 e. The summed E-state index contributed by atoms with van der Waals surface area (Å²) in [7, 11) is 0. The van der Waals surface area contributed by atoms with Crippen molar-refractivity contribution in [3.05, 3.63) is 102 Å². The van der Waals surface area contributed by atoms with E-state index in [0.717, 1.165) is 22.4 Å². The monoisotopic (exact) mass is 442 g/mol. The molecule has 2 aliphatic heterocycles. The highest BCUT2D eigenvalue weighted by Gasteiger charge is 2.55. The van der Waals surface area contributed by atoms with Crippen molar-refractivity contribution < 1.29 is 14.6 Å². The molecule has 7 nitrogen and oxygen atoms in total. The molecule has 7 heteroatoms. The number of likely N-dealkylation sites (tertiary alicyclic amines) is 1. The molecule has 4 unspecified atom stereocenters. The SMILES string of the molecule is C=CCOc1ccc(C2C3C(NNC3c3ccccc3O)C(=O)N2Cc2cccnc2)cc1.